The first-order chi connectivity index (χ1) is 30.2. The number of anilines is 3. The van der Waals surface area contributed by atoms with Crippen LogP contribution in [0.25, 0.3) is 93.6 Å². The Bertz CT molecular complexity index is 3470. The van der Waals surface area contributed by atoms with Crippen molar-refractivity contribution in [3.05, 3.63) is 231 Å². The Kier molecular flexibility index (Phi) is 8.17. The highest BCUT2D eigenvalue weighted by Gasteiger charge is 2.24. The zero-order valence-corrected chi connectivity index (χ0v) is 33.2. The largest absolute Gasteiger partial charge is 0.456 e. The van der Waals surface area contributed by atoms with Gasteiger partial charge in [-0.1, -0.05) is 158 Å². The number of aromatic nitrogens is 1. The topological polar surface area (TPSA) is 21.3 Å². The monoisotopic (exact) mass is 778 g/mol. The molecule has 3 heteroatoms. The van der Waals surface area contributed by atoms with Crippen molar-refractivity contribution in [1.82, 2.24) is 4.57 Å². The van der Waals surface area contributed by atoms with Gasteiger partial charge >= 0.3 is 0 Å². The molecule has 61 heavy (non-hydrogen) atoms. The number of nitrogens with zero attached hydrogens (tertiary/aromatic N) is 2. The Morgan fingerprint density at radius 1 is 0.328 bits per heavy atom. The molecule has 0 unspecified atom stereocenters. The third-order valence-corrected chi connectivity index (χ3v) is 12.2. The molecule has 2 aromatic heterocycles. The molecule has 2 heterocycles. The molecular weight excluding hydrogens is 741 g/mol. The van der Waals surface area contributed by atoms with Gasteiger partial charge < -0.3 is 13.9 Å². The van der Waals surface area contributed by atoms with Gasteiger partial charge in [-0.2, -0.15) is 0 Å². The van der Waals surface area contributed by atoms with Gasteiger partial charge in [0.25, 0.3) is 0 Å². The van der Waals surface area contributed by atoms with Gasteiger partial charge in [0.2, 0.25) is 0 Å². The van der Waals surface area contributed by atoms with Gasteiger partial charge in [-0.25, -0.2) is 0 Å². The first kappa shape index (κ1) is 34.9. The maximum Gasteiger partial charge on any atom is 0.138 e. The summed E-state index contributed by atoms with van der Waals surface area (Å²) >= 11 is 0. The maximum atomic E-state index is 6.74. The van der Waals surface area contributed by atoms with E-state index in [1.54, 1.807) is 0 Å². The van der Waals surface area contributed by atoms with Crippen LogP contribution >= 0.6 is 0 Å². The third-order valence-electron chi connectivity index (χ3n) is 12.2. The number of rotatable bonds is 7. The Balaban J connectivity index is 1.15. The van der Waals surface area contributed by atoms with Crippen LogP contribution in [-0.4, -0.2) is 4.57 Å². The van der Waals surface area contributed by atoms with Gasteiger partial charge in [0.15, 0.2) is 0 Å². The molecule has 12 rings (SSSR count). The van der Waals surface area contributed by atoms with E-state index in [-0.39, 0.29) is 0 Å². The lowest BCUT2D eigenvalue weighted by Gasteiger charge is -2.26. The van der Waals surface area contributed by atoms with E-state index in [4.69, 9.17) is 4.42 Å². The summed E-state index contributed by atoms with van der Waals surface area (Å²) in [7, 11) is 0. The highest BCUT2D eigenvalue weighted by atomic mass is 16.3. The average molecular weight is 779 g/mol. The van der Waals surface area contributed by atoms with Gasteiger partial charge in [0.1, 0.15) is 11.2 Å². The summed E-state index contributed by atoms with van der Waals surface area (Å²) in [5.74, 6) is 0. The van der Waals surface area contributed by atoms with Crippen molar-refractivity contribution >= 4 is 71.6 Å². The lowest BCUT2D eigenvalue weighted by Crippen LogP contribution is -2.10. The molecule has 0 aliphatic carbocycles. The number of furan rings is 1. The minimum atomic E-state index is 0.871. The molecule has 10 aromatic carbocycles. The van der Waals surface area contributed by atoms with Crippen LogP contribution in [0.15, 0.2) is 235 Å². The molecule has 0 radical (unpaired) electrons. The summed E-state index contributed by atoms with van der Waals surface area (Å²) in [4.78, 5) is 2.39. The Morgan fingerprint density at radius 2 is 0.869 bits per heavy atom. The zero-order valence-electron chi connectivity index (χ0n) is 33.2. The molecule has 0 saturated heterocycles. The van der Waals surface area contributed by atoms with Gasteiger partial charge in [0.05, 0.1) is 11.0 Å². The molecule has 0 atom stereocenters. The minimum Gasteiger partial charge on any atom is -0.456 e. The molecule has 3 nitrogen and oxygen atoms in total. The number of hydrogen-bond acceptors (Lipinski definition) is 2. The second-order valence-corrected chi connectivity index (χ2v) is 15.7. The molecular formula is C58H38N2O. The summed E-state index contributed by atoms with van der Waals surface area (Å²) in [6, 6.07) is 82.9. The number of fused-ring (bicyclic) bond motifs is 7. The smallest absolute Gasteiger partial charge is 0.138 e. The van der Waals surface area contributed by atoms with Crippen LogP contribution in [-0.2, 0) is 0 Å². The Morgan fingerprint density at radius 3 is 1.54 bits per heavy atom. The van der Waals surface area contributed by atoms with Crippen molar-refractivity contribution in [2.24, 2.45) is 0 Å². The average Bonchev–Trinajstić information content (AvgIpc) is 3.87. The molecule has 0 spiro atoms. The van der Waals surface area contributed by atoms with E-state index in [2.05, 4.69) is 240 Å². The van der Waals surface area contributed by atoms with Gasteiger partial charge in [0, 0.05) is 55.9 Å². The fourth-order valence-electron chi connectivity index (χ4n) is 9.31. The second-order valence-electron chi connectivity index (χ2n) is 15.7. The van der Waals surface area contributed by atoms with Crippen LogP contribution in [0.1, 0.15) is 0 Å². The SMILES string of the molecule is c1ccc(-c2ccc(N(c3ccc(-c4ccccc4)cc3)c3ccc4c(c3)c3c(-c5ccc6ccccc6c5)c5c(cc3n4-c3ccccc3)oc3ccccc35)cc2)cc1. The van der Waals surface area contributed by atoms with Crippen LogP contribution in [0.4, 0.5) is 17.1 Å². The second kappa shape index (κ2) is 14.3. The Labute approximate surface area is 353 Å². The van der Waals surface area contributed by atoms with Crippen LogP contribution < -0.4 is 4.90 Å². The molecule has 0 aliphatic heterocycles. The predicted molar refractivity (Wildman–Crippen MR) is 257 cm³/mol. The van der Waals surface area contributed by atoms with Crippen molar-refractivity contribution in [3.8, 4) is 39.1 Å². The van der Waals surface area contributed by atoms with E-state index in [0.29, 0.717) is 0 Å². The fraction of sp³-hybridized carbons (Fsp3) is 0. The normalized spacial score (nSPS) is 11.6. The van der Waals surface area contributed by atoms with E-state index in [1.807, 2.05) is 0 Å². The van der Waals surface area contributed by atoms with E-state index >= 15 is 0 Å². The Hall–Kier alpha value is -8.14. The summed E-state index contributed by atoms with van der Waals surface area (Å²) < 4.78 is 9.14. The van der Waals surface area contributed by atoms with Crippen LogP contribution in [0.5, 0.6) is 0 Å². The van der Waals surface area contributed by atoms with E-state index in [0.717, 1.165) is 61.3 Å². The first-order valence-electron chi connectivity index (χ1n) is 20.8. The predicted octanol–water partition coefficient (Wildman–Crippen LogP) is 16.3. The van der Waals surface area contributed by atoms with Crippen molar-refractivity contribution in [1.29, 1.82) is 0 Å². The molecule has 0 bridgehead atoms. The summed E-state index contributed by atoms with van der Waals surface area (Å²) in [5.41, 5.74) is 15.4. The lowest BCUT2D eigenvalue weighted by molar-refractivity contribution is 0.669. The van der Waals surface area contributed by atoms with Crippen molar-refractivity contribution < 1.29 is 4.42 Å². The van der Waals surface area contributed by atoms with Crippen LogP contribution in [0.3, 0.4) is 0 Å². The van der Waals surface area contributed by atoms with E-state index < -0.39 is 0 Å². The summed E-state index contributed by atoms with van der Waals surface area (Å²) in [6.07, 6.45) is 0. The van der Waals surface area contributed by atoms with Gasteiger partial charge in [-0.3, -0.25) is 0 Å². The zero-order chi connectivity index (χ0) is 40.3. The number of hydrogen-bond donors (Lipinski definition) is 0. The third kappa shape index (κ3) is 5.90. The quantitative estimate of drug-likeness (QED) is 0.161. The molecule has 0 N–H and O–H groups in total. The highest BCUT2D eigenvalue weighted by molar-refractivity contribution is 6.27. The molecule has 0 saturated carbocycles. The fourth-order valence-corrected chi connectivity index (χ4v) is 9.31. The van der Waals surface area contributed by atoms with Gasteiger partial charge in [-0.05, 0) is 105 Å². The summed E-state index contributed by atoms with van der Waals surface area (Å²) in [6.45, 7) is 0. The molecule has 12 aromatic rings. The van der Waals surface area contributed by atoms with Gasteiger partial charge in [-0.15, -0.1) is 0 Å². The molecule has 0 amide bonds. The minimum absolute atomic E-state index is 0.871. The lowest BCUT2D eigenvalue weighted by atomic mass is 9.92. The van der Waals surface area contributed by atoms with Crippen LogP contribution in [0.2, 0.25) is 0 Å². The summed E-state index contributed by atoms with van der Waals surface area (Å²) in [5, 5.41) is 7.01. The standard InChI is InChI=1S/C58H38N2O/c1-4-14-39(15-5-1)42-26-30-47(31-27-42)59(48-32-28-43(29-33-48)40-16-6-2-7-17-40)49-34-35-52-51(37-49)57-53(60(52)46-20-8-3-9-21-46)38-55-58(50-22-12-13-23-54(50)61-55)56(57)45-25-24-41-18-10-11-19-44(41)36-45/h1-38H. The molecule has 0 aliphatic rings. The molecule has 286 valence electrons. The number of para-hydroxylation sites is 2. The maximum absolute atomic E-state index is 6.74. The highest BCUT2D eigenvalue weighted by Crippen LogP contribution is 2.48. The molecule has 0 fully saturated rings. The van der Waals surface area contributed by atoms with Crippen LogP contribution in [0, 0.1) is 0 Å². The van der Waals surface area contributed by atoms with Crippen molar-refractivity contribution in [3.63, 3.8) is 0 Å². The first-order valence-corrected chi connectivity index (χ1v) is 20.8. The van der Waals surface area contributed by atoms with Crippen molar-refractivity contribution in [2.75, 3.05) is 4.90 Å². The van der Waals surface area contributed by atoms with E-state index in [1.165, 1.54) is 49.4 Å². The van der Waals surface area contributed by atoms with Crippen molar-refractivity contribution in [2.45, 2.75) is 0 Å². The van der Waals surface area contributed by atoms with E-state index in [9.17, 15) is 0 Å². The number of benzene rings is 10.